The number of nitrogens with zero attached hydrogens (tertiary/aromatic N) is 1. The molecule has 39 heavy (non-hydrogen) atoms. The zero-order chi connectivity index (χ0) is 31.5. The second-order valence-electron chi connectivity index (χ2n) is 8.03. The van der Waals surface area contributed by atoms with E-state index in [4.69, 9.17) is 4.74 Å². The number of ether oxygens (including phenoxy) is 3. The maximum Gasteiger partial charge on any atom is 0.460 e. The molecule has 21 heteroatoms. The molecular formula is C18H19F14NO6. The van der Waals surface area contributed by atoms with Gasteiger partial charge in [0.1, 0.15) is 18.8 Å². The highest BCUT2D eigenvalue weighted by Gasteiger charge is 2.78. The smallest absolute Gasteiger partial charge is 0.459 e. The molecule has 0 aromatic carbocycles. The molecule has 0 N–H and O–H groups in total. The first-order valence-electron chi connectivity index (χ1n) is 10.1. The predicted octanol–water partition coefficient (Wildman–Crippen LogP) is 5.37. The third kappa shape index (κ3) is 8.12. The minimum absolute atomic E-state index is 0.0635. The van der Waals surface area contributed by atoms with Crippen LogP contribution in [0.5, 0.6) is 0 Å². The summed E-state index contributed by atoms with van der Waals surface area (Å²) < 4.78 is 190. The maximum absolute atomic E-state index is 13.3. The lowest BCUT2D eigenvalue weighted by molar-refractivity contribution is -0.348. The number of esters is 2. The monoisotopic (exact) mass is 611 g/mol. The van der Waals surface area contributed by atoms with Gasteiger partial charge in [0.2, 0.25) is 0 Å². The predicted molar refractivity (Wildman–Crippen MR) is 96.2 cm³/mol. The first kappa shape index (κ1) is 36.2. The van der Waals surface area contributed by atoms with E-state index in [2.05, 4.69) is 9.47 Å². The second-order valence-corrected chi connectivity index (χ2v) is 8.03. The number of halogens is 14. The molecule has 0 aliphatic carbocycles. The summed E-state index contributed by atoms with van der Waals surface area (Å²) in [7, 11) is 0. The van der Waals surface area contributed by atoms with E-state index in [1.165, 1.54) is 20.8 Å². The first-order valence-corrected chi connectivity index (χ1v) is 10.1. The SMILES string of the molecule is CCC(C)(C)OC(=O)N(CCOC(=O)C(F)(F)C(F)(F)C(F)(F)F)CCOC(=O)C(F)(F)C(F)(F)C(F)(F)F. The molecule has 0 radical (unpaired) electrons. The van der Waals surface area contributed by atoms with E-state index < -0.39 is 86.0 Å². The van der Waals surface area contributed by atoms with Gasteiger partial charge in [-0.25, -0.2) is 14.4 Å². The molecule has 7 nitrogen and oxygen atoms in total. The standard InChI is InChI=1S/C18H19F14NO6/c1-4-12(2,3)39-11(36)33(5-7-37-9(34)13(19,20)15(23,24)17(27,28)29)6-8-38-10(35)14(21,22)16(25,26)18(30,31)32/h4-8H2,1-3H3. The summed E-state index contributed by atoms with van der Waals surface area (Å²) in [6, 6.07) is 0. The van der Waals surface area contributed by atoms with Gasteiger partial charge in [-0.3, -0.25) is 0 Å². The van der Waals surface area contributed by atoms with E-state index >= 15 is 0 Å². The van der Waals surface area contributed by atoms with Crippen molar-refractivity contribution >= 4 is 18.0 Å². The van der Waals surface area contributed by atoms with Crippen molar-refractivity contribution < 1.29 is 90.1 Å². The highest BCUT2D eigenvalue weighted by Crippen LogP contribution is 2.48. The molecule has 0 aliphatic rings. The Bertz CT molecular complexity index is 829. The van der Waals surface area contributed by atoms with Crippen LogP contribution in [0.1, 0.15) is 27.2 Å². The van der Waals surface area contributed by atoms with Crippen molar-refractivity contribution in [2.75, 3.05) is 26.3 Å². The molecular weight excluding hydrogens is 592 g/mol. The fourth-order valence-electron chi connectivity index (χ4n) is 1.96. The summed E-state index contributed by atoms with van der Waals surface area (Å²) in [5.74, 6) is -33.5. The Morgan fingerprint density at radius 3 is 1.18 bits per heavy atom. The maximum atomic E-state index is 13.3. The second kappa shape index (κ2) is 11.8. The fourth-order valence-corrected chi connectivity index (χ4v) is 1.96. The van der Waals surface area contributed by atoms with Crippen LogP contribution in [0.25, 0.3) is 0 Å². The van der Waals surface area contributed by atoms with Crippen LogP contribution >= 0.6 is 0 Å². The summed E-state index contributed by atoms with van der Waals surface area (Å²) in [6.45, 7) is -1.67. The Morgan fingerprint density at radius 2 is 0.923 bits per heavy atom. The van der Waals surface area contributed by atoms with Crippen LogP contribution in [0.2, 0.25) is 0 Å². The average Bonchev–Trinajstić information content (AvgIpc) is 2.75. The Hall–Kier alpha value is -2.77. The van der Waals surface area contributed by atoms with Crippen molar-refractivity contribution in [2.45, 2.75) is 68.8 Å². The van der Waals surface area contributed by atoms with Crippen LogP contribution in [-0.4, -0.2) is 90.9 Å². The fraction of sp³-hybridized carbons (Fsp3) is 0.833. The number of hydrogen-bond donors (Lipinski definition) is 0. The minimum Gasteiger partial charge on any atom is -0.459 e. The molecule has 1 amide bonds. The molecule has 0 atom stereocenters. The molecule has 0 saturated heterocycles. The highest BCUT2D eigenvalue weighted by molar-refractivity contribution is 5.79. The summed E-state index contributed by atoms with van der Waals surface area (Å²) in [6.07, 6.45) is -15.3. The molecule has 0 fully saturated rings. The summed E-state index contributed by atoms with van der Waals surface area (Å²) in [5, 5.41) is 0. The lowest BCUT2D eigenvalue weighted by Gasteiger charge is -2.30. The van der Waals surface area contributed by atoms with Gasteiger partial charge in [0.15, 0.2) is 0 Å². The topological polar surface area (TPSA) is 82.1 Å². The Kier molecular flexibility index (Phi) is 10.9. The lowest BCUT2D eigenvalue weighted by Crippen LogP contribution is -2.57. The largest absolute Gasteiger partial charge is 0.460 e. The molecule has 0 aliphatic heterocycles. The number of carbonyl (C=O) groups is 3. The molecule has 0 rings (SSSR count). The Morgan fingerprint density at radius 1 is 0.615 bits per heavy atom. The van der Waals surface area contributed by atoms with Crippen molar-refractivity contribution in [3.63, 3.8) is 0 Å². The number of rotatable bonds is 12. The van der Waals surface area contributed by atoms with Crippen LogP contribution in [0.4, 0.5) is 66.3 Å². The molecule has 230 valence electrons. The summed E-state index contributed by atoms with van der Waals surface area (Å²) in [4.78, 5) is 34.7. The van der Waals surface area contributed by atoms with Gasteiger partial charge in [0.25, 0.3) is 0 Å². The van der Waals surface area contributed by atoms with E-state index in [9.17, 15) is 75.8 Å². The average molecular weight is 611 g/mol. The molecule has 0 bridgehead atoms. The van der Waals surface area contributed by atoms with Crippen LogP contribution < -0.4 is 0 Å². The molecule has 0 aromatic rings. The third-order valence-corrected chi connectivity index (χ3v) is 4.68. The number of alkyl halides is 14. The Labute approximate surface area is 209 Å². The van der Waals surface area contributed by atoms with Gasteiger partial charge in [-0.05, 0) is 20.3 Å². The van der Waals surface area contributed by atoms with Gasteiger partial charge >= 0.3 is 54.1 Å². The van der Waals surface area contributed by atoms with Gasteiger partial charge in [0, 0.05) is 0 Å². The minimum atomic E-state index is -6.90. The lowest BCUT2D eigenvalue weighted by atomic mass is 10.1. The van der Waals surface area contributed by atoms with Crippen molar-refractivity contribution in [1.82, 2.24) is 4.90 Å². The van der Waals surface area contributed by atoms with E-state index in [1.807, 2.05) is 0 Å². The van der Waals surface area contributed by atoms with Crippen molar-refractivity contribution in [2.24, 2.45) is 0 Å². The molecule has 0 heterocycles. The molecule has 0 spiro atoms. The van der Waals surface area contributed by atoms with Crippen LogP contribution in [0.3, 0.4) is 0 Å². The Balaban J connectivity index is 5.55. The quantitative estimate of drug-likeness (QED) is 0.168. The number of carbonyl (C=O) groups excluding carboxylic acids is 3. The number of amides is 1. The van der Waals surface area contributed by atoms with E-state index in [-0.39, 0.29) is 11.3 Å². The van der Waals surface area contributed by atoms with E-state index in [1.54, 1.807) is 0 Å². The van der Waals surface area contributed by atoms with Crippen LogP contribution in [0, 0.1) is 0 Å². The van der Waals surface area contributed by atoms with Gasteiger partial charge in [-0.15, -0.1) is 0 Å². The van der Waals surface area contributed by atoms with Crippen LogP contribution in [0.15, 0.2) is 0 Å². The van der Waals surface area contributed by atoms with Crippen molar-refractivity contribution in [1.29, 1.82) is 0 Å². The van der Waals surface area contributed by atoms with Crippen molar-refractivity contribution in [3.05, 3.63) is 0 Å². The third-order valence-electron chi connectivity index (χ3n) is 4.68. The zero-order valence-corrected chi connectivity index (χ0v) is 19.7. The number of hydrogen-bond acceptors (Lipinski definition) is 6. The zero-order valence-electron chi connectivity index (χ0n) is 19.7. The van der Waals surface area contributed by atoms with Gasteiger partial charge < -0.3 is 19.1 Å². The normalized spacial score (nSPS) is 14.1. The highest BCUT2D eigenvalue weighted by atomic mass is 19.4. The molecule has 0 saturated carbocycles. The van der Waals surface area contributed by atoms with Crippen molar-refractivity contribution in [3.8, 4) is 0 Å². The van der Waals surface area contributed by atoms with Gasteiger partial charge in [-0.2, -0.15) is 61.5 Å². The summed E-state index contributed by atoms with van der Waals surface area (Å²) >= 11 is 0. The molecule has 0 aromatic heterocycles. The van der Waals surface area contributed by atoms with Gasteiger partial charge in [0.05, 0.1) is 13.1 Å². The van der Waals surface area contributed by atoms with Crippen LogP contribution in [-0.2, 0) is 23.8 Å². The van der Waals surface area contributed by atoms with E-state index in [0.717, 1.165) is 0 Å². The van der Waals surface area contributed by atoms with E-state index in [0.29, 0.717) is 0 Å². The van der Waals surface area contributed by atoms with Gasteiger partial charge in [-0.1, -0.05) is 6.92 Å². The first-order chi connectivity index (χ1) is 17.1. The summed E-state index contributed by atoms with van der Waals surface area (Å²) in [5.41, 5.74) is -1.34. The molecule has 0 unspecified atom stereocenters.